The van der Waals surface area contributed by atoms with Crippen LogP contribution in [-0.2, 0) is 26.2 Å². The van der Waals surface area contributed by atoms with Crippen molar-refractivity contribution < 1.29 is 18.0 Å². The monoisotopic (exact) mass is 543 g/mol. The molecule has 0 aliphatic carbocycles. The number of sulfonamides is 1. The molecular weight excluding hydrogens is 518 g/mol. The number of carbonyl (C=O) groups is 2. The Balaban J connectivity index is 2.39. The molecule has 1 unspecified atom stereocenters. The molecule has 32 heavy (non-hydrogen) atoms. The first-order valence-corrected chi connectivity index (χ1v) is 13.0. The SMILES string of the molecule is CC(C)NC(=O)C(C)N(Cc1ccccc1Cl)C(=O)CN(c1ccc(Br)cc1)S(C)(=O)=O. The van der Waals surface area contributed by atoms with E-state index in [1.807, 2.05) is 13.8 Å². The van der Waals surface area contributed by atoms with E-state index >= 15 is 0 Å². The van der Waals surface area contributed by atoms with Crippen LogP contribution in [0.1, 0.15) is 26.3 Å². The van der Waals surface area contributed by atoms with Crippen molar-refractivity contribution in [2.24, 2.45) is 0 Å². The molecule has 2 aromatic carbocycles. The van der Waals surface area contributed by atoms with E-state index in [0.29, 0.717) is 16.3 Å². The molecular formula is C22H27BrClN3O4S. The Morgan fingerprint density at radius 2 is 1.66 bits per heavy atom. The van der Waals surface area contributed by atoms with Crippen molar-refractivity contribution in [2.45, 2.75) is 39.4 Å². The zero-order valence-corrected chi connectivity index (χ0v) is 21.5. The standard InChI is InChI=1S/C22H27BrClN3O4S/c1-15(2)25-22(29)16(3)26(13-17-7-5-6-8-20(17)24)21(28)14-27(32(4,30)31)19-11-9-18(23)10-12-19/h5-12,15-16H,13-14H2,1-4H3,(H,25,29). The maximum Gasteiger partial charge on any atom is 0.244 e. The number of amides is 2. The van der Waals surface area contributed by atoms with Gasteiger partial charge in [-0.25, -0.2) is 8.42 Å². The highest BCUT2D eigenvalue weighted by molar-refractivity contribution is 9.10. The van der Waals surface area contributed by atoms with Crippen molar-refractivity contribution in [2.75, 3.05) is 17.1 Å². The van der Waals surface area contributed by atoms with E-state index in [1.54, 1.807) is 55.5 Å². The number of anilines is 1. The predicted molar refractivity (Wildman–Crippen MR) is 131 cm³/mol. The first-order chi connectivity index (χ1) is 14.9. The van der Waals surface area contributed by atoms with E-state index in [4.69, 9.17) is 11.6 Å². The number of nitrogens with one attached hydrogen (secondary N) is 1. The molecule has 0 aliphatic heterocycles. The van der Waals surface area contributed by atoms with Gasteiger partial charge in [0.1, 0.15) is 12.6 Å². The summed E-state index contributed by atoms with van der Waals surface area (Å²) in [5.74, 6) is -0.861. The molecule has 2 rings (SSSR count). The number of halogens is 2. The highest BCUT2D eigenvalue weighted by Crippen LogP contribution is 2.23. The fourth-order valence-electron chi connectivity index (χ4n) is 3.02. The molecule has 0 heterocycles. The third-order valence-electron chi connectivity index (χ3n) is 4.69. The van der Waals surface area contributed by atoms with Gasteiger partial charge in [-0.15, -0.1) is 0 Å². The zero-order valence-electron chi connectivity index (χ0n) is 18.4. The van der Waals surface area contributed by atoms with Gasteiger partial charge in [0.25, 0.3) is 0 Å². The summed E-state index contributed by atoms with van der Waals surface area (Å²) in [6.07, 6.45) is 1.04. The highest BCUT2D eigenvalue weighted by atomic mass is 79.9. The fourth-order valence-corrected chi connectivity index (χ4v) is 4.33. The number of rotatable bonds is 9. The van der Waals surface area contributed by atoms with Crippen LogP contribution in [0.5, 0.6) is 0 Å². The van der Waals surface area contributed by atoms with Gasteiger partial charge >= 0.3 is 0 Å². The molecule has 0 radical (unpaired) electrons. The van der Waals surface area contributed by atoms with E-state index in [1.165, 1.54) is 4.90 Å². The summed E-state index contributed by atoms with van der Waals surface area (Å²) in [5, 5.41) is 3.25. The average molecular weight is 545 g/mol. The minimum absolute atomic E-state index is 0.0587. The Morgan fingerprint density at radius 1 is 1.06 bits per heavy atom. The number of benzene rings is 2. The first kappa shape index (κ1) is 26.2. The molecule has 0 aliphatic rings. The molecule has 10 heteroatoms. The van der Waals surface area contributed by atoms with Crippen molar-refractivity contribution in [3.05, 3.63) is 63.6 Å². The maximum absolute atomic E-state index is 13.4. The van der Waals surface area contributed by atoms with Crippen molar-refractivity contribution in [3.63, 3.8) is 0 Å². The van der Waals surface area contributed by atoms with Crippen LogP contribution in [-0.4, -0.2) is 50.0 Å². The van der Waals surface area contributed by atoms with Crippen molar-refractivity contribution >= 4 is 55.1 Å². The van der Waals surface area contributed by atoms with Crippen LogP contribution in [0.4, 0.5) is 5.69 Å². The molecule has 2 aromatic rings. The minimum atomic E-state index is -3.76. The number of hydrogen-bond donors (Lipinski definition) is 1. The Kier molecular flexibility index (Phi) is 9.12. The van der Waals surface area contributed by atoms with E-state index < -0.39 is 28.5 Å². The second-order valence-corrected chi connectivity index (χ2v) is 10.9. The molecule has 1 atom stereocenters. The second-order valence-electron chi connectivity index (χ2n) is 7.70. The van der Waals surface area contributed by atoms with Crippen molar-refractivity contribution in [1.82, 2.24) is 10.2 Å². The van der Waals surface area contributed by atoms with Crippen LogP contribution in [0.2, 0.25) is 5.02 Å². The molecule has 0 saturated carbocycles. The van der Waals surface area contributed by atoms with E-state index in [-0.39, 0.29) is 18.5 Å². The summed E-state index contributed by atoms with van der Waals surface area (Å²) in [6.45, 7) is 4.86. The van der Waals surface area contributed by atoms with Gasteiger partial charge in [-0.2, -0.15) is 0 Å². The first-order valence-electron chi connectivity index (χ1n) is 9.96. The lowest BCUT2D eigenvalue weighted by atomic mass is 10.1. The number of carbonyl (C=O) groups excluding carboxylic acids is 2. The third-order valence-corrected chi connectivity index (χ3v) is 6.73. The van der Waals surface area contributed by atoms with E-state index in [2.05, 4.69) is 21.2 Å². The molecule has 2 amide bonds. The number of nitrogens with zero attached hydrogens (tertiary/aromatic N) is 2. The van der Waals surface area contributed by atoms with Crippen LogP contribution >= 0.6 is 27.5 Å². The molecule has 7 nitrogen and oxygen atoms in total. The summed E-state index contributed by atoms with van der Waals surface area (Å²) in [4.78, 5) is 27.4. The van der Waals surface area contributed by atoms with Gasteiger partial charge in [0.05, 0.1) is 11.9 Å². The van der Waals surface area contributed by atoms with Gasteiger partial charge in [0.15, 0.2) is 0 Å². The molecule has 0 saturated heterocycles. The number of hydrogen-bond acceptors (Lipinski definition) is 4. The Hall–Kier alpha value is -2.10. The zero-order chi connectivity index (χ0) is 24.1. The topological polar surface area (TPSA) is 86.8 Å². The van der Waals surface area contributed by atoms with Gasteiger partial charge in [-0.05, 0) is 56.7 Å². The van der Waals surface area contributed by atoms with Crippen LogP contribution < -0.4 is 9.62 Å². The largest absolute Gasteiger partial charge is 0.352 e. The normalized spacial score (nSPS) is 12.3. The van der Waals surface area contributed by atoms with Gasteiger partial charge in [0.2, 0.25) is 21.8 Å². The molecule has 174 valence electrons. The van der Waals surface area contributed by atoms with Crippen LogP contribution in [0.3, 0.4) is 0 Å². The molecule has 0 fully saturated rings. The summed E-state index contributed by atoms with van der Waals surface area (Å²) >= 11 is 9.60. The molecule has 0 aromatic heterocycles. The molecule has 0 bridgehead atoms. The Bertz CT molecular complexity index is 1060. The second kappa shape index (κ2) is 11.2. The lowest BCUT2D eigenvalue weighted by Gasteiger charge is -2.32. The summed E-state index contributed by atoms with van der Waals surface area (Å²) in [7, 11) is -3.76. The highest BCUT2D eigenvalue weighted by Gasteiger charge is 2.30. The van der Waals surface area contributed by atoms with Gasteiger partial charge in [-0.3, -0.25) is 13.9 Å². The predicted octanol–water partition coefficient (Wildman–Crippen LogP) is 3.81. The smallest absolute Gasteiger partial charge is 0.244 e. The Morgan fingerprint density at radius 3 is 2.19 bits per heavy atom. The van der Waals surface area contributed by atoms with Crippen molar-refractivity contribution in [3.8, 4) is 0 Å². The van der Waals surface area contributed by atoms with Gasteiger partial charge in [0, 0.05) is 22.1 Å². The van der Waals surface area contributed by atoms with Gasteiger partial charge < -0.3 is 10.2 Å². The lowest BCUT2D eigenvalue weighted by molar-refractivity contribution is -0.139. The van der Waals surface area contributed by atoms with Crippen molar-refractivity contribution in [1.29, 1.82) is 0 Å². The molecule has 1 N–H and O–H groups in total. The summed E-state index contributed by atoms with van der Waals surface area (Å²) < 4.78 is 26.8. The third kappa shape index (κ3) is 7.21. The molecule has 0 spiro atoms. The lowest BCUT2D eigenvalue weighted by Crippen LogP contribution is -2.52. The Labute approximate surface area is 202 Å². The minimum Gasteiger partial charge on any atom is -0.352 e. The fraction of sp³-hybridized carbons (Fsp3) is 0.364. The van der Waals surface area contributed by atoms with E-state index in [9.17, 15) is 18.0 Å². The summed E-state index contributed by atoms with van der Waals surface area (Å²) in [6, 6.07) is 12.7. The maximum atomic E-state index is 13.4. The van der Waals surface area contributed by atoms with E-state index in [0.717, 1.165) is 15.0 Å². The average Bonchev–Trinajstić information content (AvgIpc) is 2.70. The quantitative estimate of drug-likeness (QED) is 0.520. The van der Waals surface area contributed by atoms with Crippen LogP contribution in [0.25, 0.3) is 0 Å². The van der Waals surface area contributed by atoms with Crippen LogP contribution in [0, 0.1) is 0 Å². The van der Waals surface area contributed by atoms with Gasteiger partial charge in [-0.1, -0.05) is 45.7 Å². The summed E-state index contributed by atoms with van der Waals surface area (Å²) in [5.41, 5.74) is 1.00. The van der Waals surface area contributed by atoms with Crippen LogP contribution in [0.15, 0.2) is 53.0 Å².